The second-order valence-electron chi connectivity index (χ2n) is 4.50. The lowest BCUT2D eigenvalue weighted by Gasteiger charge is -2.11. The van der Waals surface area contributed by atoms with Gasteiger partial charge in [0, 0.05) is 22.2 Å². The van der Waals surface area contributed by atoms with Crippen molar-refractivity contribution >= 4 is 10.9 Å². The summed E-state index contributed by atoms with van der Waals surface area (Å²) in [7, 11) is 0. The highest BCUT2D eigenvalue weighted by atomic mass is 19.4. The maximum atomic E-state index is 13.0. The molecular formula is C15H10F3NO. The fraction of sp³-hybridized carbons (Fsp3) is 0.0667. The van der Waals surface area contributed by atoms with Gasteiger partial charge < -0.3 is 10.1 Å². The minimum Gasteiger partial charge on any atom is -0.508 e. The van der Waals surface area contributed by atoms with E-state index >= 15 is 0 Å². The van der Waals surface area contributed by atoms with E-state index in [0.717, 1.165) is 6.07 Å². The monoisotopic (exact) mass is 277 g/mol. The number of benzene rings is 2. The normalized spacial score (nSPS) is 11.9. The van der Waals surface area contributed by atoms with Gasteiger partial charge in [-0.2, -0.15) is 13.2 Å². The summed E-state index contributed by atoms with van der Waals surface area (Å²) in [6.07, 6.45) is -4.41. The highest BCUT2D eigenvalue weighted by Crippen LogP contribution is 2.37. The van der Waals surface area contributed by atoms with Gasteiger partial charge in [0.1, 0.15) is 5.75 Å². The average molecular weight is 277 g/mol. The van der Waals surface area contributed by atoms with Crippen LogP contribution in [-0.4, -0.2) is 10.1 Å². The Kier molecular flexibility index (Phi) is 2.71. The van der Waals surface area contributed by atoms with Gasteiger partial charge in [0.05, 0.1) is 5.56 Å². The molecule has 3 rings (SSSR count). The Morgan fingerprint density at radius 3 is 2.45 bits per heavy atom. The molecule has 0 atom stereocenters. The molecule has 0 radical (unpaired) electrons. The number of aromatic hydroxyl groups is 1. The largest absolute Gasteiger partial charge is 0.508 e. The Bertz CT molecular complexity index is 774. The Morgan fingerprint density at radius 2 is 1.70 bits per heavy atom. The first-order chi connectivity index (χ1) is 9.45. The number of rotatable bonds is 1. The lowest BCUT2D eigenvalue weighted by molar-refractivity contribution is -0.137. The first-order valence-corrected chi connectivity index (χ1v) is 5.93. The van der Waals surface area contributed by atoms with Gasteiger partial charge in [-0.1, -0.05) is 18.2 Å². The van der Waals surface area contributed by atoms with Crippen LogP contribution in [0.25, 0.3) is 22.2 Å². The van der Waals surface area contributed by atoms with Crippen molar-refractivity contribution < 1.29 is 18.3 Å². The van der Waals surface area contributed by atoms with Crippen molar-refractivity contribution in [2.75, 3.05) is 0 Å². The van der Waals surface area contributed by atoms with Gasteiger partial charge in [0.25, 0.3) is 0 Å². The average Bonchev–Trinajstić information content (AvgIpc) is 2.80. The molecule has 0 aliphatic rings. The minimum atomic E-state index is -4.41. The summed E-state index contributed by atoms with van der Waals surface area (Å²) in [5.41, 5.74) is 0.458. The van der Waals surface area contributed by atoms with Crippen molar-refractivity contribution in [3.63, 3.8) is 0 Å². The minimum absolute atomic E-state index is 0.0761. The molecule has 0 spiro atoms. The smallest absolute Gasteiger partial charge is 0.417 e. The molecular weight excluding hydrogens is 267 g/mol. The molecule has 0 aliphatic heterocycles. The fourth-order valence-corrected chi connectivity index (χ4v) is 2.23. The zero-order valence-corrected chi connectivity index (χ0v) is 10.2. The molecule has 0 unspecified atom stereocenters. The molecule has 1 aromatic heterocycles. The van der Waals surface area contributed by atoms with Crippen LogP contribution in [0.3, 0.4) is 0 Å². The van der Waals surface area contributed by atoms with Gasteiger partial charge in [0.15, 0.2) is 0 Å². The third-order valence-electron chi connectivity index (χ3n) is 3.13. The number of nitrogens with one attached hydrogen (secondary N) is 1. The van der Waals surface area contributed by atoms with E-state index in [1.807, 2.05) is 0 Å². The van der Waals surface area contributed by atoms with Crippen LogP contribution in [-0.2, 0) is 6.18 Å². The van der Waals surface area contributed by atoms with Crippen LogP contribution in [0.15, 0.2) is 48.5 Å². The molecule has 0 amide bonds. The molecule has 20 heavy (non-hydrogen) atoms. The number of halogens is 3. The van der Waals surface area contributed by atoms with Crippen LogP contribution in [0.4, 0.5) is 13.2 Å². The first-order valence-electron chi connectivity index (χ1n) is 5.93. The van der Waals surface area contributed by atoms with E-state index in [1.54, 1.807) is 18.2 Å². The SMILES string of the molecule is Oc1ccc2[nH]c(-c3ccccc3C(F)(F)F)cc2c1. The number of fused-ring (bicyclic) bond motifs is 1. The van der Waals surface area contributed by atoms with Crippen LogP contribution in [0.1, 0.15) is 5.56 Å². The molecule has 2 N–H and O–H groups in total. The molecule has 0 bridgehead atoms. The third-order valence-corrected chi connectivity index (χ3v) is 3.13. The van der Waals surface area contributed by atoms with Crippen molar-refractivity contribution in [2.45, 2.75) is 6.18 Å². The summed E-state index contributed by atoms with van der Waals surface area (Å²) >= 11 is 0. The van der Waals surface area contributed by atoms with Gasteiger partial charge >= 0.3 is 6.18 Å². The molecule has 3 aromatic rings. The van der Waals surface area contributed by atoms with Crippen molar-refractivity contribution in [3.8, 4) is 17.0 Å². The van der Waals surface area contributed by atoms with Crippen molar-refractivity contribution in [2.24, 2.45) is 0 Å². The number of phenols is 1. The van der Waals surface area contributed by atoms with E-state index in [4.69, 9.17) is 0 Å². The maximum Gasteiger partial charge on any atom is 0.417 e. The molecule has 0 fully saturated rings. The summed E-state index contributed by atoms with van der Waals surface area (Å²) in [6, 6.07) is 11.6. The molecule has 0 saturated carbocycles. The predicted molar refractivity (Wildman–Crippen MR) is 70.4 cm³/mol. The van der Waals surface area contributed by atoms with Crippen LogP contribution < -0.4 is 0 Å². The Morgan fingerprint density at radius 1 is 0.950 bits per heavy atom. The molecule has 5 heteroatoms. The van der Waals surface area contributed by atoms with Crippen molar-refractivity contribution in [1.29, 1.82) is 0 Å². The topological polar surface area (TPSA) is 36.0 Å². The first kappa shape index (κ1) is 12.6. The number of alkyl halides is 3. The summed E-state index contributed by atoms with van der Waals surface area (Å²) in [5, 5.41) is 10.1. The fourth-order valence-electron chi connectivity index (χ4n) is 2.23. The van der Waals surface area contributed by atoms with Gasteiger partial charge in [-0.15, -0.1) is 0 Å². The van der Waals surface area contributed by atoms with Crippen LogP contribution in [0.5, 0.6) is 5.75 Å². The summed E-state index contributed by atoms with van der Waals surface area (Å²) < 4.78 is 39.0. The number of hydrogen-bond donors (Lipinski definition) is 2. The number of phenolic OH excluding ortho intramolecular Hbond substituents is 1. The maximum absolute atomic E-state index is 13.0. The lowest BCUT2D eigenvalue weighted by Crippen LogP contribution is -2.06. The second-order valence-corrected chi connectivity index (χ2v) is 4.50. The quantitative estimate of drug-likeness (QED) is 0.672. The van der Waals surface area contributed by atoms with Crippen molar-refractivity contribution in [3.05, 3.63) is 54.1 Å². The Labute approximate surface area is 112 Å². The molecule has 0 saturated heterocycles. The summed E-state index contributed by atoms with van der Waals surface area (Å²) in [6.45, 7) is 0. The van der Waals surface area contributed by atoms with Crippen LogP contribution >= 0.6 is 0 Å². The Hall–Kier alpha value is -2.43. The van der Waals surface area contributed by atoms with E-state index in [1.165, 1.54) is 24.3 Å². The van der Waals surface area contributed by atoms with Crippen LogP contribution in [0.2, 0.25) is 0 Å². The summed E-state index contributed by atoms with van der Waals surface area (Å²) in [5.74, 6) is 0.0761. The molecule has 2 nitrogen and oxygen atoms in total. The number of H-pyrrole nitrogens is 1. The lowest BCUT2D eigenvalue weighted by atomic mass is 10.0. The third kappa shape index (κ3) is 2.11. The van der Waals surface area contributed by atoms with E-state index < -0.39 is 11.7 Å². The van der Waals surface area contributed by atoms with Gasteiger partial charge in [0.2, 0.25) is 0 Å². The van der Waals surface area contributed by atoms with Gasteiger partial charge in [-0.05, 0) is 30.3 Å². The van der Waals surface area contributed by atoms with E-state index in [-0.39, 0.29) is 11.3 Å². The van der Waals surface area contributed by atoms with E-state index in [9.17, 15) is 18.3 Å². The van der Waals surface area contributed by atoms with Gasteiger partial charge in [-0.3, -0.25) is 0 Å². The Balaban J connectivity index is 2.21. The molecule has 0 aliphatic carbocycles. The molecule has 2 aromatic carbocycles. The number of hydrogen-bond acceptors (Lipinski definition) is 1. The second kappa shape index (κ2) is 4.30. The predicted octanol–water partition coefficient (Wildman–Crippen LogP) is 4.56. The van der Waals surface area contributed by atoms with Gasteiger partial charge in [-0.25, -0.2) is 0 Å². The van der Waals surface area contributed by atoms with Crippen LogP contribution in [0, 0.1) is 0 Å². The highest BCUT2D eigenvalue weighted by molar-refractivity contribution is 5.87. The molecule has 1 heterocycles. The van der Waals surface area contributed by atoms with Crippen molar-refractivity contribution in [1.82, 2.24) is 4.98 Å². The zero-order valence-electron chi connectivity index (χ0n) is 10.2. The highest BCUT2D eigenvalue weighted by Gasteiger charge is 2.33. The molecule has 102 valence electrons. The zero-order chi connectivity index (χ0) is 14.3. The van der Waals surface area contributed by atoms with E-state index in [2.05, 4.69) is 4.98 Å². The standard InChI is InChI=1S/C15H10F3NO/c16-15(17,18)12-4-2-1-3-11(12)14-8-9-7-10(20)5-6-13(9)19-14/h1-8,19-20H. The number of aromatic nitrogens is 1. The number of aromatic amines is 1. The summed E-state index contributed by atoms with van der Waals surface area (Å²) in [4.78, 5) is 2.94. The van der Waals surface area contributed by atoms with E-state index in [0.29, 0.717) is 16.6 Å².